The van der Waals surface area contributed by atoms with Crippen LogP contribution in [-0.4, -0.2) is 36.0 Å². The van der Waals surface area contributed by atoms with Crippen molar-refractivity contribution in [2.45, 2.75) is 29.1 Å². The maximum absolute atomic E-state index is 12.9. The molecule has 0 unspecified atom stereocenters. The Labute approximate surface area is 178 Å². The topological polar surface area (TPSA) is 102 Å². The summed E-state index contributed by atoms with van der Waals surface area (Å²) in [5.41, 5.74) is 0. The Morgan fingerprint density at radius 2 is 1.80 bits per heavy atom. The highest BCUT2D eigenvalue weighted by molar-refractivity contribution is 7.99. The highest BCUT2D eigenvalue weighted by Gasteiger charge is 2.17. The Morgan fingerprint density at radius 3 is 2.53 bits per heavy atom. The van der Waals surface area contributed by atoms with Crippen LogP contribution in [0.2, 0.25) is 0 Å². The number of nitrogens with zero attached hydrogens (tertiary/aromatic N) is 2. The second kappa shape index (κ2) is 10.4. The van der Waals surface area contributed by atoms with E-state index in [0.717, 1.165) is 4.90 Å². The monoisotopic (exact) mass is 449 g/mol. The third-order valence-corrected chi connectivity index (χ3v) is 6.86. The summed E-state index contributed by atoms with van der Waals surface area (Å²) in [5.74, 6) is 0.104. The van der Waals surface area contributed by atoms with Crippen LogP contribution in [0.4, 0.5) is 10.4 Å². The third kappa shape index (κ3) is 6.67. The molecule has 3 rings (SSSR count). The van der Waals surface area contributed by atoms with Gasteiger partial charge in [0.2, 0.25) is 11.8 Å². The quantitative estimate of drug-likeness (QED) is 0.372. The standard InChI is InChI=1S/C20H20FN3O4S2/c21-15-8-10-16(11-9-15)29-13-4-7-18(25)22-20-24-23-19(28-20)12-14-30(26,27)17-5-2-1-3-6-17/h1-3,5-6,8-11H,4,7,12-14H2,(H,22,24,25). The number of amides is 1. The summed E-state index contributed by atoms with van der Waals surface area (Å²) in [7, 11) is -3.45. The van der Waals surface area contributed by atoms with Crippen LogP contribution in [0.3, 0.4) is 0 Å². The van der Waals surface area contributed by atoms with Crippen LogP contribution >= 0.6 is 11.8 Å². The normalized spacial score (nSPS) is 11.4. The summed E-state index contributed by atoms with van der Waals surface area (Å²) >= 11 is 1.53. The molecule has 0 spiro atoms. The van der Waals surface area contributed by atoms with Gasteiger partial charge < -0.3 is 4.42 Å². The number of carbonyl (C=O) groups excluding carboxylic acids is 1. The van der Waals surface area contributed by atoms with Crippen molar-refractivity contribution in [3.63, 3.8) is 0 Å². The lowest BCUT2D eigenvalue weighted by Crippen LogP contribution is -2.11. The second-order valence-corrected chi connectivity index (χ2v) is 9.61. The highest BCUT2D eigenvalue weighted by atomic mass is 32.2. The lowest BCUT2D eigenvalue weighted by atomic mass is 10.3. The van der Waals surface area contributed by atoms with Crippen molar-refractivity contribution >= 4 is 33.5 Å². The maximum Gasteiger partial charge on any atom is 0.322 e. The molecule has 1 amide bonds. The number of anilines is 1. The molecule has 2 aromatic carbocycles. The Kier molecular flexibility index (Phi) is 7.58. The first-order chi connectivity index (χ1) is 14.4. The van der Waals surface area contributed by atoms with Crippen molar-refractivity contribution in [2.24, 2.45) is 0 Å². The van der Waals surface area contributed by atoms with Crippen molar-refractivity contribution in [3.05, 3.63) is 66.3 Å². The first-order valence-corrected chi connectivity index (χ1v) is 11.8. The molecule has 0 aliphatic heterocycles. The molecule has 0 aliphatic rings. The van der Waals surface area contributed by atoms with Crippen molar-refractivity contribution in [1.82, 2.24) is 10.2 Å². The van der Waals surface area contributed by atoms with E-state index < -0.39 is 9.84 Å². The second-order valence-electron chi connectivity index (χ2n) is 6.34. The van der Waals surface area contributed by atoms with Crippen molar-refractivity contribution < 1.29 is 22.0 Å². The van der Waals surface area contributed by atoms with E-state index in [2.05, 4.69) is 15.5 Å². The molecule has 158 valence electrons. The molecule has 10 heteroatoms. The smallest absolute Gasteiger partial charge is 0.322 e. The molecule has 1 N–H and O–H groups in total. The molecule has 0 aliphatic carbocycles. The fraction of sp³-hybridized carbons (Fsp3) is 0.250. The van der Waals surface area contributed by atoms with Crippen LogP contribution in [0.5, 0.6) is 0 Å². The van der Waals surface area contributed by atoms with E-state index in [0.29, 0.717) is 12.2 Å². The van der Waals surface area contributed by atoms with Gasteiger partial charge >= 0.3 is 6.01 Å². The van der Waals surface area contributed by atoms with Crippen LogP contribution in [-0.2, 0) is 21.1 Å². The highest BCUT2D eigenvalue weighted by Crippen LogP contribution is 2.19. The molecule has 1 aromatic heterocycles. The number of aromatic nitrogens is 2. The van der Waals surface area contributed by atoms with Crippen molar-refractivity contribution in [2.75, 3.05) is 16.8 Å². The van der Waals surface area contributed by atoms with E-state index in [1.54, 1.807) is 30.3 Å². The minimum atomic E-state index is -3.45. The van der Waals surface area contributed by atoms with E-state index >= 15 is 0 Å². The molecule has 0 saturated heterocycles. The van der Waals surface area contributed by atoms with Gasteiger partial charge in [-0.1, -0.05) is 23.3 Å². The first kappa shape index (κ1) is 22.0. The molecule has 0 fully saturated rings. The zero-order valence-electron chi connectivity index (χ0n) is 16.0. The van der Waals surface area contributed by atoms with Gasteiger partial charge in [0.15, 0.2) is 9.84 Å². The predicted molar refractivity (Wildman–Crippen MR) is 111 cm³/mol. The van der Waals surface area contributed by atoms with Crippen molar-refractivity contribution in [3.8, 4) is 0 Å². The summed E-state index contributed by atoms with van der Waals surface area (Å²) in [6, 6.07) is 14.2. The van der Waals surface area contributed by atoms with E-state index in [-0.39, 0.29) is 47.1 Å². The molecule has 0 radical (unpaired) electrons. The Balaban J connectivity index is 1.40. The Morgan fingerprint density at radius 1 is 1.07 bits per heavy atom. The molecular formula is C20H20FN3O4S2. The number of rotatable bonds is 10. The van der Waals surface area contributed by atoms with E-state index in [1.165, 1.54) is 36.0 Å². The number of carbonyl (C=O) groups is 1. The number of aryl methyl sites for hydroxylation is 1. The summed E-state index contributed by atoms with van der Waals surface area (Å²) in [6.45, 7) is 0. The number of thioether (sulfide) groups is 1. The fourth-order valence-electron chi connectivity index (χ4n) is 2.51. The summed E-state index contributed by atoms with van der Waals surface area (Å²) in [4.78, 5) is 13.2. The zero-order chi connectivity index (χ0) is 21.4. The molecule has 30 heavy (non-hydrogen) atoms. The number of sulfone groups is 1. The lowest BCUT2D eigenvalue weighted by molar-refractivity contribution is -0.116. The molecule has 0 bridgehead atoms. The molecule has 3 aromatic rings. The van der Waals surface area contributed by atoms with E-state index in [4.69, 9.17) is 4.42 Å². The van der Waals surface area contributed by atoms with Gasteiger partial charge in [-0.15, -0.1) is 16.9 Å². The zero-order valence-corrected chi connectivity index (χ0v) is 17.6. The van der Waals surface area contributed by atoms with Gasteiger partial charge in [-0.05, 0) is 48.6 Å². The Bertz CT molecular complexity index is 1070. The predicted octanol–water partition coefficient (Wildman–Crippen LogP) is 3.74. The van der Waals surface area contributed by atoms with Crippen LogP contribution in [0.25, 0.3) is 0 Å². The van der Waals surface area contributed by atoms with E-state index in [9.17, 15) is 17.6 Å². The van der Waals surface area contributed by atoms with Gasteiger partial charge in [0.25, 0.3) is 0 Å². The number of hydrogen-bond acceptors (Lipinski definition) is 7. The fourth-order valence-corrected chi connectivity index (χ4v) is 4.61. The maximum atomic E-state index is 12.9. The van der Waals surface area contributed by atoms with Gasteiger partial charge in [-0.3, -0.25) is 10.1 Å². The number of nitrogens with one attached hydrogen (secondary N) is 1. The van der Waals surface area contributed by atoms with Crippen LogP contribution in [0.1, 0.15) is 18.7 Å². The molecule has 0 saturated carbocycles. The number of hydrogen-bond donors (Lipinski definition) is 1. The SMILES string of the molecule is O=C(CCCSc1ccc(F)cc1)Nc1nnc(CCS(=O)(=O)c2ccccc2)o1. The summed E-state index contributed by atoms with van der Waals surface area (Å²) < 4.78 is 42.7. The third-order valence-electron chi connectivity index (χ3n) is 4.03. The first-order valence-electron chi connectivity index (χ1n) is 9.21. The molecule has 0 atom stereocenters. The average molecular weight is 450 g/mol. The molecular weight excluding hydrogens is 429 g/mol. The van der Waals surface area contributed by atoms with Crippen LogP contribution in [0.15, 0.2) is 68.8 Å². The summed E-state index contributed by atoms with van der Waals surface area (Å²) in [5, 5.41) is 10.0. The van der Waals surface area contributed by atoms with Gasteiger partial charge in [0.1, 0.15) is 5.82 Å². The van der Waals surface area contributed by atoms with Gasteiger partial charge in [0.05, 0.1) is 10.6 Å². The number of benzene rings is 2. The van der Waals surface area contributed by atoms with Gasteiger partial charge in [-0.25, -0.2) is 12.8 Å². The van der Waals surface area contributed by atoms with E-state index in [1.807, 2.05) is 0 Å². The molecule has 1 heterocycles. The number of halogens is 1. The average Bonchev–Trinajstić information content (AvgIpc) is 3.19. The molecule has 7 nitrogen and oxygen atoms in total. The minimum Gasteiger partial charge on any atom is -0.408 e. The lowest BCUT2D eigenvalue weighted by Gasteiger charge is -2.02. The minimum absolute atomic E-state index is 0.0500. The van der Waals surface area contributed by atoms with Gasteiger partial charge in [-0.2, -0.15) is 0 Å². The van der Waals surface area contributed by atoms with Crippen molar-refractivity contribution in [1.29, 1.82) is 0 Å². The largest absolute Gasteiger partial charge is 0.408 e. The Hall–Kier alpha value is -2.72. The van der Waals surface area contributed by atoms with Gasteiger partial charge in [0, 0.05) is 17.7 Å². The van der Waals surface area contributed by atoms with Crippen LogP contribution in [0, 0.1) is 5.82 Å². The summed E-state index contributed by atoms with van der Waals surface area (Å²) in [6.07, 6.45) is 0.924. The van der Waals surface area contributed by atoms with Crippen LogP contribution < -0.4 is 5.32 Å².